The molecule has 0 radical (unpaired) electrons. The summed E-state index contributed by atoms with van der Waals surface area (Å²) in [5.74, 6) is 0.752. The average Bonchev–Trinajstić information content (AvgIpc) is 2.77. The molecule has 0 bridgehead atoms. The lowest BCUT2D eigenvalue weighted by Crippen LogP contribution is -2.50. The second kappa shape index (κ2) is 7.96. The Morgan fingerprint density at radius 3 is 2.10 bits per heavy atom. The Bertz CT molecular complexity index is 1220. The molecule has 0 N–H and O–H groups in total. The smallest absolute Gasteiger partial charge is 0.343 e. The summed E-state index contributed by atoms with van der Waals surface area (Å²) >= 11 is 0. The van der Waals surface area contributed by atoms with E-state index >= 15 is 0 Å². The predicted molar refractivity (Wildman–Crippen MR) is 118 cm³/mol. The minimum atomic E-state index is -4.14. The molecule has 0 saturated heterocycles. The van der Waals surface area contributed by atoms with Gasteiger partial charge in [0.05, 0.1) is 32.1 Å². The minimum Gasteiger partial charge on any atom is -0.497 e. The maximum absolute atomic E-state index is 13.6. The number of sulfonamides is 1. The third-order valence-electron chi connectivity index (χ3n) is 5.11. The third-order valence-corrected chi connectivity index (χ3v) is 6.86. The average molecular weight is 439 g/mol. The van der Waals surface area contributed by atoms with Crippen LogP contribution in [0.15, 0.2) is 71.6 Å². The molecular formula is C23H22N2O5S. The van der Waals surface area contributed by atoms with E-state index in [0.29, 0.717) is 17.2 Å². The van der Waals surface area contributed by atoms with Gasteiger partial charge in [0.15, 0.2) is 0 Å². The second-order valence-corrected chi connectivity index (χ2v) is 8.92. The van der Waals surface area contributed by atoms with E-state index in [1.807, 2.05) is 31.2 Å². The standard InChI is InChI=1S/C23H22N2O5S/c1-16-8-10-17(11-9-16)15-24-21-6-4-5-7-22(21)31(27,28)25(23(24)26)18-12-19(29-2)14-20(13-18)30-3/h4-14H,15H2,1-3H3. The molecule has 0 aromatic heterocycles. The summed E-state index contributed by atoms with van der Waals surface area (Å²) in [7, 11) is -1.21. The first-order valence-corrected chi connectivity index (χ1v) is 11.0. The fraction of sp³-hybridized carbons (Fsp3) is 0.174. The molecule has 1 aliphatic heterocycles. The Morgan fingerprint density at radius 2 is 1.48 bits per heavy atom. The van der Waals surface area contributed by atoms with Crippen molar-refractivity contribution < 1.29 is 22.7 Å². The molecule has 1 aliphatic rings. The maximum atomic E-state index is 13.6. The van der Waals surface area contributed by atoms with Gasteiger partial charge in [0, 0.05) is 18.2 Å². The fourth-order valence-electron chi connectivity index (χ4n) is 3.50. The van der Waals surface area contributed by atoms with Gasteiger partial charge in [0.2, 0.25) is 0 Å². The van der Waals surface area contributed by atoms with E-state index in [-0.39, 0.29) is 17.1 Å². The van der Waals surface area contributed by atoms with Crippen molar-refractivity contribution in [3.05, 3.63) is 77.9 Å². The zero-order valence-electron chi connectivity index (χ0n) is 17.4. The molecule has 8 heteroatoms. The number of nitrogens with zero attached hydrogens (tertiary/aromatic N) is 2. The van der Waals surface area contributed by atoms with Gasteiger partial charge in [-0.1, -0.05) is 42.0 Å². The van der Waals surface area contributed by atoms with Gasteiger partial charge in [0.1, 0.15) is 16.4 Å². The van der Waals surface area contributed by atoms with Crippen molar-refractivity contribution in [2.75, 3.05) is 23.4 Å². The number of para-hydroxylation sites is 1. The van der Waals surface area contributed by atoms with E-state index in [9.17, 15) is 13.2 Å². The maximum Gasteiger partial charge on any atom is 0.343 e. The number of fused-ring (bicyclic) bond motifs is 1. The van der Waals surface area contributed by atoms with Gasteiger partial charge in [-0.25, -0.2) is 13.2 Å². The Labute approximate surface area is 181 Å². The molecule has 3 aromatic rings. The monoisotopic (exact) mass is 438 g/mol. The van der Waals surface area contributed by atoms with Gasteiger partial charge < -0.3 is 9.47 Å². The molecule has 0 spiro atoms. The zero-order valence-corrected chi connectivity index (χ0v) is 18.2. The largest absolute Gasteiger partial charge is 0.497 e. The number of anilines is 2. The number of ether oxygens (including phenoxy) is 2. The molecule has 3 aromatic carbocycles. The summed E-state index contributed by atoms with van der Waals surface area (Å²) in [4.78, 5) is 15.1. The van der Waals surface area contributed by atoms with Crippen LogP contribution in [-0.2, 0) is 16.6 Å². The lowest BCUT2D eigenvalue weighted by Gasteiger charge is -2.36. The van der Waals surface area contributed by atoms with Crippen LogP contribution in [0, 0.1) is 6.92 Å². The number of amides is 2. The van der Waals surface area contributed by atoms with E-state index < -0.39 is 16.1 Å². The summed E-state index contributed by atoms with van der Waals surface area (Å²) in [6, 6.07) is 18.2. The zero-order chi connectivity index (χ0) is 22.2. The van der Waals surface area contributed by atoms with Gasteiger partial charge in [-0.05, 0) is 24.6 Å². The lowest BCUT2D eigenvalue weighted by molar-refractivity contribution is 0.253. The molecular weight excluding hydrogens is 416 g/mol. The Morgan fingerprint density at radius 1 is 0.871 bits per heavy atom. The topological polar surface area (TPSA) is 76.2 Å². The Hall–Kier alpha value is -3.52. The number of methoxy groups -OCH3 is 2. The summed E-state index contributed by atoms with van der Waals surface area (Å²) < 4.78 is 38.2. The molecule has 4 rings (SSSR count). The first kappa shape index (κ1) is 20.7. The number of carbonyl (C=O) groups excluding carboxylic acids is 1. The highest BCUT2D eigenvalue weighted by atomic mass is 32.2. The van der Waals surface area contributed by atoms with E-state index in [0.717, 1.165) is 15.4 Å². The molecule has 160 valence electrons. The predicted octanol–water partition coefficient (Wildman–Crippen LogP) is 4.35. The van der Waals surface area contributed by atoms with Crippen molar-refractivity contribution in [1.82, 2.24) is 0 Å². The first-order valence-electron chi connectivity index (χ1n) is 9.59. The number of aryl methyl sites for hydroxylation is 1. The van der Waals surface area contributed by atoms with E-state index in [4.69, 9.17) is 9.47 Å². The summed E-state index contributed by atoms with van der Waals surface area (Å²) in [6.45, 7) is 2.21. The van der Waals surface area contributed by atoms with Gasteiger partial charge in [-0.15, -0.1) is 0 Å². The molecule has 0 unspecified atom stereocenters. The molecule has 1 heterocycles. The molecule has 7 nitrogen and oxygen atoms in total. The normalized spacial score (nSPS) is 14.9. The van der Waals surface area contributed by atoms with Crippen LogP contribution in [0.3, 0.4) is 0 Å². The van der Waals surface area contributed by atoms with E-state index in [2.05, 4.69) is 0 Å². The van der Waals surface area contributed by atoms with Crippen molar-refractivity contribution in [2.24, 2.45) is 0 Å². The molecule has 0 saturated carbocycles. The van der Waals surface area contributed by atoms with Crippen molar-refractivity contribution in [3.8, 4) is 11.5 Å². The Kier molecular flexibility index (Phi) is 5.32. The van der Waals surface area contributed by atoms with E-state index in [1.54, 1.807) is 24.3 Å². The highest BCUT2D eigenvalue weighted by Gasteiger charge is 2.42. The molecule has 0 fully saturated rings. The number of urea groups is 1. The molecule has 2 amide bonds. The third kappa shape index (κ3) is 3.70. The van der Waals surface area contributed by atoms with Gasteiger partial charge in [-0.2, -0.15) is 4.31 Å². The van der Waals surface area contributed by atoms with Crippen molar-refractivity contribution in [3.63, 3.8) is 0 Å². The van der Waals surface area contributed by atoms with E-state index in [1.165, 1.54) is 37.3 Å². The molecule has 0 atom stereocenters. The van der Waals surface area contributed by atoms with Crippen LogP contribution >= 0.6 is 0 Å². The van der Waals surface area contributed by atoms with Crippen LogP contribution in [0.5, 0.6) is 11.5 Å². The quantitative estimate of drug-likeness (QED) is 0.592. The number of rotatable bonds is 5. The van der Waals surface area contributed by atoms with Crippen LogP contribution in [0.1, 0.15) is 11.1 Å². The van der Waals surface area contributed by atoms with Crippen molar-refractivity contribution in [2.45, 2.75) is 18.4 Å². The molecule has 0 aliphatic carbocycles. The van der Waals surface area contributed by atoms with Gasteiger partial charge >= 0.3 is 6.03 Å². The summed E-state index contributed by atoms with van der Waals surface area (Å²) in [5, 5.41) is 0. The lowest BCUT2D eigenvalue weighted by atomic mass is 10.1. The number of benzene rings is 3. The van der Waals surface area contributed by atoms with Crippen LogP contribution in [0.25, 0.3) is 0 Å². The van der Waals surface area contributed by atoms with Gasteiger partial charge in [-0.3, -0.25) is 4.90 Å². The fourth-order valence-corrected chi connectivity index (χ4v) is 5.08. The first-order chi connectivity index (χ1) is 14.8. The highest BCUT2D eigenvalue weighted by Crippen LogP contribution is 2.40. The Balaban J connectivity index is 1.87. The van der Waals surface area contributed by atoms with Crippen LogP contribution in [0.4, 0.5) is 16.2 Å². The minimum absolute atomic E-state index is 0.0588. The van der Waals surface area contributed by atoms with Crippen LogP contribution < -0.4 is 18.7 Å². The summed E-state index contributed by atoms with van der Waals surface area (Å²) in [5.41, 5.74) is 2.47. The van der Waals surface area contributed by atoms with Gasteiger partial charge in [0.25, 0.3) is 10.0 Å². The van der Waals surface area contributed by atoms with Crippen LogP contribution in [0.2, 0.25) is 0 Å². The second-order valence-electron chi connectivity index (χ2n) is 7.16. The number of carbonyl (C=O) groups is 1. The number of hydrogen-bond acceptors (Lipinski definition) is 5. The number of hydrogen-bond donors (Lipinski definition) is 0. The van der Waals surface area contributed by atoms with Crippen molar-refractivity contribution >= 4 is 27.4 Å². The summed E-state index contributed by atoms with van der Waals surface area (Å²) in [6.07, 6.45) is 0. The van der Waals surface area contributed by atoms with Crippen molar-refractivity contribution in [1.29, 1.82) is 0 Å². The molecule has 31 heavy (non-hydrogen) atoms. The van der Waals surface area contributed by atoms with Crippen LogP contribution in [-0.4, -0.2) is 28.7 Å². The SMILES string of the molecule is COc1cc(OC)cc(N2C(=O)N(Cc3ccc(C)cc3)c3ccccc3S2(=O)=O)c1. The highest BCUT2D eigenvalue weighted by molar-refractivity contribution is 7.94.